The van der Waals surface area contributed by atoms with E-state index in [2.05, 4.69) is 5.32 Å². The van der Waals surface area contributed by atoms with Gasteiger partial charge in [0.05, 0.1) is 5.56 Å². The lowest BCUT2D eigenvalue weighted by molar-refractivity contribution is -0.123. The van der Waals surface area contributed by atoms with Gasteiger partial charge in [0.1, 0.15) is 5.75 Å². The van der Waals surface area contributed by atoms with E-state index in [0.717, 1.165) is 0 Å². The first-order valence-electron chi connectivity index (χ1n) is 5.53. The smallest absolute Gasteiger partial charge is 0.258 e. The number of ketones is 1. The van der Waals surface area contributed by atoms with E-state index < -0.39 is 0 Å². The first-order valence-corrected chi connectivity index (χ1v) is 5.53. The number of Topliss-reactive ketones (excluding diaryl/α,β-unsaturated/α-hetero) is 1. The van der Waals surface area contributed by atoms with Gasteiger partial charge in [-0.1, -0.05) is 12.1 Å². The quantitative estimate of drug-likeness (QED) is 0.792. The number of amides is 1. The van der Waals surface area contributed by atoms with Crippen LogP contribution in [0.25, 0.3) is 0 Å². The summed E-state index contributed by atoms with van der Waals surface area (Å²) in [4.78, 5) is 22.7. The lowest BCUT2D eigenvalue weighted by Gasteiger charge is -2.11. The lowest BCUT2D eigenvalue weighted by atomic mass is 10.1. The maximum atomic E-state index is 11.4. The first kappa shape index (κ1) is 13.2. The lowest BCUT2D eigenvalue weighted by Crippen LogP contribution is -2.34. The molecule has 0 aromatic heterocycles. The number of para-hydroxylation sites is 1. The van der Waals surface area contributed by atoms with Gasteiger partial charge >= 0.3 is 0 Å². The van der Waals surface area contributed by atoms with E-state index in [-0.39, 0.29) is 24.3 Å². The Kier molecular flexibility index (Phi) is 4.69. The number of hydrogen-bond acceptors (Lipinski definition) is 3. The van der Waals surface area contributed by atoms with Crippen LogP contribution in [0.15, 0.2) is 24.3 Å². The molecule has 0 aliphatic carbocycles. The summed E-state index contributed by atoms with van der Waals surface area (Å²) in [5.74, 6) is 0.169. The summed E-state index contributed by atoms with van der Waals surface area (Å²) in [6, 6.07) is 6.96. The van der Waals surface area contributed by atoms with Crippen LogP contribution < -0.4 is 10.1 Å². The van der Waals surface area contributed by atoms with Crippen LogP contribution in [-0.4, -0.2) is 24.3 Å². The third kappa shape index (κ3) is 4.26. The van der Waals surface area contributed by atoms with E-state index in [9.17, 15) is 9.59 Å². The molecule has 0 atom stereocenters. The number of carbonyl (C=O) groups is 2. The molecule has 1 aromatic carbocycles. The molecule has 1 N–H and O–H groups in total. The second kappa shape index (κ2) is 6.03. The summed E-state index contributed by atoms with van der Waals surface area (Å²) in [7, 11) is 0. The van der Waals surface area contributed by atoms with E-state index in [4.69, 9.17) is 4.74 Å². The molecule has 0 aliphatic heterocycles. The Bertz CT molecular complexity index is 413. The topological polar surface area (TPSA) is 55.4 Å². The fourth-order valence-electron chi connectivity index (χ4n) is 1.39. The number of benzene rings is 1. The molecule has 4 heteroatoms. The average Bonchev–Trinajstić information content (AvgIpc) is 2.25. The van der Waals surface area contributed by atoms with Gasteiger partial charge in [0.15, 0.2) is 12.4 Å². The van der Waals surface area contributed by atoms with Crippen molar-refractivity contribution in [2.45, 2.75) is 26.8 Å². The minimum Gasteiger partial charge on any atom is -0.483 e. The van der Waals surface area contributed by atoms with Crippen LogP contribution in [-0.2, 0) is 4.79 Å². The zero-order valence-electron chi connectivity index (χ0n) is 10.3. The number of ether oxygens (including phenoxy) is 1. The predicted molar refractivity (Wildman–Crippen MR) is 65.2 cm³/mol. The SMILES string of the molecule is CC(=O)c1ccccc1OCC(=O)NC(C)C. The highest BCUT2D eigenvalue weighted by Gasteiger charge is 2.09. The molecule has 0 radical (unpaired) electrons. The minimum atomic E-state index is -0.196. The van der Waals surface area contributed by atoms with Crippen LogP contribution in [0.4, 0.5) is 0 Å². The van der Waals surface area contributed by atoms with Crippen LogP contribution in [0, 0.1) is 0 Å². The molecular formula is C13H17NO3. The van der Waals surface area contributed by atoms with Gasteiger partial charge in [0.2, 0.25) is 0 Å². The Morgan fingerprint density at radius 1 is 1.29 bits per heavy atom. The largest absolute Gasteiger partial charge is 0.483 e. The maximum absolute atomic E-state index is 11.4. The Morgan fingerprint density at radius 3 is 2.53 bits per heavy atom. The van der Waals surface area contributed by atoms with E-state index in [0.29, 0.717) is 11.3 Å². The second-order valence-electron chi connectivity index (χ2n) is 4.06. The zero-order valence-corrected chi connectivity index (χ0v) is 10.3. The van der Waals surface area contributed by atoms with Crippen molar-refractivity contribution in [1.82, 2.24) is 5.32 Å². The highest BCUT2D eigenvalue weighted by molar-refractivity contribution is 5.96. The first-order chi connectivity index (χ1) is 8.00. The Balaban J connectivity index is 2.63. The van der Waals surface area contributed by atoms with Crippen molar-refractivity contribution in [2.75, 3.05) is 6.61 Å². The summed E-state index contributed by atoms with van der Waals surface area (Å²) < 4.78 is 5.33. The summed E-state index contributed by atoms with van der Waals surface area (Å²) >= 11 is 0. The molecule has 0 unspecified atom stereocenters. The Hall–Kier alpha value is -1.84. The minimum absolute atomic E-state index is 0.0779. The van der Waals surface area contributed by atoms with E-state index in [1.807, 2.05) is 13.8 Å². The summed E-state index contributed by atoms with van der Waals surface area (Å²) in [6.07, 6.45) is 0. The molecule has 4 nitrogen and oxygen atoms in total. The van der Waals surface area contributed by atoms with E-state index in [1.54, 1.807) is 24.3 Å². The average molecular weight is 235 g/mol. The Morgan fingerprint density at radius 2 is 1.94 bits per heavy atom. The van der Waals surface area contributed by atoms with Crippen molar-refractivity contribution >= 4 is 11.7 Å². The van der Waals surface area contributed by atoms with Gasteiger partial charge < -0.3 is 10.1 Å². The van der Waals surface area contributed by atoms with Crippen LogP contribution >= 0.6 is 0 Å². The van der Waals surface area contributed by atoms with Crippen LogP contribution in [0.1, 0.15) is 31.1 Å². The third-order valence-electron chi connectivity index (χ3n) is 2.07. The predicted octanol–water partition coefficient (Wildman–Crippen LogP) is 1.79. The van der Waals surface area contributed by atoms with E-state index >= 15 is 0 Å². The molecule has 0 saturated heterocycles. The molecule has 1 amide bonds. The van der Waals surface area contributed by atoms with Crippen LogP contribution in [0.2, 0.25) is 0 Å². The van der Waals surface area contributed by atoms with Crippen molar-refractivity contribution in [2.24, 2.45) is 0 Å². The maximum Gasteiger partial charge on any atom is 0.258 e. The normalized spacial score (nSPS) is 10.1. The number of rotatable bonds is 5. The van der Waals surface area contributed by atoms with Crippen molar-refractivity contribution in [1.29, 1.82) is 0 Å². The highest BCUT2D eigenvalue weighted by Crippen LogP contribution is 2.18. The van der Waals surface area contributed by atoms with Gasteiger partial charge in [-0.05, 0) is 32.9 Å². The summed E-state index contributed by atoms with van der Waals surface area (Å²) in [5.41, 5.74) is 0.491. The van der Waals surface area contributed by atoms with Crippen LogP contribution in [0.3, 0.4) is 0 Å². The summed E-state index contributed by atoms with van der Waals surface area (Å²) in [6.45, 7) is 5.14. The highest BCUT2D eigenvalue weighted by atomic mass is 16.5. The molecule has 0 heterocycles. The zero-order chi connectivity index (χ0) is 12.8. The molecule has 92 valence electrons. The Labute approximate surface area is 101 Å². The van der Waals surface area contributed by atoms with Gasteiger partial charge in [-0.2, -0.15) is 0 Å². The van der Waals surface area contributed by atoms with Gasteiger partial charge in [-0.15, -0.1) is 0 Å². The molecular weight excluding hydrogens is 218 g/mol. The summed E-state index contributed by atoms with van der Waals surface area (Å²) in [5, 5.41) is 2.71. The number of hydrogen-bond donors (Lipinski definition) is 1. The van der Waals surface area contributed by atoms with Gasteiger partial charge in [-0.3, -0.25) is 9.59 Å². The van der Waals surface area contributed by atoms with E-state index in [1.165, 1.54) is 6.92 Å². The molecule has 0 fully saturated rings. The molecule has 0 saturated carbocycles. The van der Waals surface area contributed by atoms with Crippen LogP contribution in [0.5, 0.6) is 5.75 Å². The van der Waals surface area contributed by atoms with Gasteiger partial charge in [-0.25, -0.2) is 0 Å². The fourth-order valence-corrected chi connectivity index (χ4v) is 1.39. The number of carbonyl (C=O) groups excluding carboxylic acids is 2. The second-order valence-corrected chi connectivity index (χ2v) is 4.06. The van der Waals surface area contributed by atoms with Gasteiger partial charge in [0, 0.05) is 6.04 Å². The van der Waals surface area contributed by atoms with Crippen molar-refractivity contribution in [3.8, 4) is 5.75 Å². The molecule has 1 rings (SSSR count). The fraction of sp³-hybridized carbons (Fsp3) is 0.385. The van der Waals surface area contributed by atoms with Crippen molar-refractivity contribution in [3.63, 3.8) is 0 Å². The molecule has 1 aromatic rings. The molecule has 0 aliphatic rings. The molecule has 0 spiro atoms. The van der Waals surface area contributed by atoms with Crippen molar-refractivity contribution < 1.29 is 14.3 Å². The molecule has 0 bridgehead atoms. The van der Waals surface area contributed by atoms with Gasteiger partial charge in [0.25, 0.3) is 5.91 Å². The monoisotopic (exact) mass is 235 g/mol. The third-order valence-corrected chi connectivity index (χ3v) is 2.07. The number of nitrogens with one attached hydrogen (secondary N) is 1. The standard InChI is InChI=1S/C13H17NO3/c1-9(2)14-13(16)8-17-12-7-5-4-6-11(12)10(3)15/h4-7,9H,8H2,1-3H3,(H,14,16). The van der Waals surface area contributed by atoms with Crippen molar-refractivity contribution in [3.05, 3.63) is 29.8 Å². The molecule has 17 heavy (non-hydrogen) atoms.